The Kier molecular flexibility index (Phi) is 21.1. The molecule has 0 bridgehead atoms. The second-order valence-electron chi connectivity index (χ2n) is 8.53. The average molecular weight is 534 g/mol. The van der Waals surface area contributed by atoms with E-state index >= 15 is 0 Å². The van der Waals surface area contributed by atoms with Gasteiger partial charge in [-0.3, -0.25) is 4.79 Å². The molecule has 0 unspecified atom stereocenters. The summed E-state index contributed by atoms with van der Waals surface area (Å²) in [7, 11) is 2.12. The van der Waals surface area contributed by atoms with Crippen molar-refractivity contribution < 1.29 is 41.9 Å². The van der Waals surface area contributed by atoms with Crippen LogP contribution >= 0.6 is 0 Å². The molecule has 0 aliphatic heterocycles. The van der Waals surface area contributed by atoms with Crippen LogP contribution in [-0.4, -0.2) is 74.5 Å². The predicted octanol–water partition coefficient (Wildman–Crippen LogP) is 4.54. The van der Waals surface area contributed by atoms with Gasteiger partial charge in [-0.1, -0.05) is 45.1 Å². The lowest BCUT2D eigenvalue weighted by Crippen LogP contribution is -2.43. The standard InChI is InChI=1S/C25H47NO9Si/c1-22(2)24(28)34-20-14-16-23(27)33-18-12-10-8-6-7-9-11-13-19-35-25(29)26-17-15-21-36(30-3,31-4)32-5/h1,6-21H2,2-5H3,(H,26,29). The lowest BCUT2D eigenvalue weighted by molar-refractivity contribution is -0.146. The van der Waals surface area contributed by atoms with E-state index in [1.165, 1.54) is 0 Å². The Morgan fingerprint density at radius 2 is 1.19 bits per heavy atom. The van der Waals surface area contributed by atoms with Crippen molar-refractivity contribution >= 4 is 26.8 Å². The molecule has 10 nitrogen and oxygen atoms in total. The molecule has 0 aromatic rings. The van der Waals surface area contributed by atoms with Crippen molar-refractivity contribution in [3.63, 3.8) is 0 Å². The molecule has 1 amide bonds. The van der Waals surface area contributed by atoms with Crippen molar-refractivity contribution in [1.82, 2.24) is 5.32 Å². The fraction of sp³-hybridized carbons (Fsp3) is 0.800. The van der Waals surface area contributed by atoms with Crippen LogP contribution in [0, 0.1) is 0 Å². The van der Waals surface area contributed by atoms with E-state index in [2.05, 4.69) is 11.9 Å². The van der Waals surface area contributed by atoms with Crippen LogP contribution in [0.25, 0.3) is 0 Å². The second kappa shape index (κ2) is 22.3. The van der Waals surface area contributed by atoms with Crippen LogP contribution in [0.1, 0.15) is 77.6 Å². The summed E-state index contributed by atoms with van der Waals surface area (Å²) < 4.78 is 31.3. The Labute approximate surface area is 217 Å². The van der Waals surface area contributed by atoms with Gasteiger partial charge in [0.2, 0.25) is 0 Å². The van der Waals surface area contributed by atoms with Crippen molar-refractivity contribution in [3.05, 3.63) is 12.2 Å². The highest BCUT2D eigenvalue weighted by Crippen LogP contribution is 2.14. The molecule has 0 spiro atoms. The summed E-state index contributed by atoms with van der Waals surface area (Å²) in [5.74, 6) is -0.697. The summed E-state index contributed by atoms with van der Waals surface area (Å²) in [6, 6.07) is 0.623. The Balaban J connectivity index is 3.44. The molecule has 0 aliphatic rings. The van der Waals surface area contributed by atoms with E-state index in [4.69, 9.17) is 27.5 Å². The molecule has 0 saturated carbocycles. The zero-order valence-electron chi connectivity index (χ0n) is 22.7. The largest absolute Gasteiger partial charge is 0.500 e. The molecule has 11 heteroatoms. The first-order valence-electron chi connectivity index (χ1n) is 12.8. The molecule has 0 radical (unpaired) electrons. The average Bonchev–Trinajstić information content (AvgIpc) is 2.87. The van der Waals surface area contributed by atoms with E-state index in [0.717, 1.165) is 51.4 Å². The number of carbonyl (C=O) groups is 3. The third-order valence-electron chi connectivity index (χ3n) is 5.50. The Bertz CT molecular complexity index is 618. The number of rotatable bonds is 23. The lowest BCUT2D eigenvalue weighted by atomic mass is 10.1. The Morgan fingerprint density at radius 3 is 1.72 bits per heavy atom. The van der Waals surface area contributed by atoms with E-state index in [9.17, 15) is 14.4 Å². The number of alkyl carbamates (subject to hydrolysis) is 1. The van der Waals surface area contributed by atoms with E-state index in [-0.39, 0.29) is 19.0 Å². The van der Waals surface area contributed by atoms with Crippen LogP contribution in [0.3, 0.4) is 0 Å². The third kappa shape index (κ3) is 18.3. The van der Waals surface area contributed by atoms with E-state index in [0.29, 0.717) is 44.2 Å². The van der Waals surface area contributed by atoms with Crippen molar-refractivity contribution in [2.75, 3.05) is 47.7 Å². The number of hydrogen-bond acceptors (Lipinski definition) is 9. The van der Waals surface area contributed by atoms with E-state index < -0.39 is 20.9 Å². The summed E-state index contributed by atoms with van der Waals surface area (Å²) in [4.78, 5) is 34.6. The number of amides is 1. The summed E-state index contributed by atoms with van der Waals surface area (Å²) >= 11 is 0. The molecule has 1 N–H and O–H groups in total. The van der Waals surface area contributed by atoms with Crippen molar-refractivity contribution in [2.24, 2.45) is 0 Å². The highest BCUT2D eigenvalue weighted by atomic mass is 28.4. The maximum absolute atomic E-state index is 11.7. The van der Waals surface area contributed by atoms with Gasteiger partial charge in [0.05, 0.1) is 19.8 Å². The fourth-order valence-corrected chi connectivity index (χ4v) is 5.02. The summed E-state index contributed by atoms with van der Waals surface area (Å²) in [5.41, 5.74) is 0.348. The predicted molar refractivity (Wildman–Crippen MR) is 138 cm³/mol. The Morgan fingerprint density at radius 1 is 0.694 bits per heavy atom. The van der Waals surface area contributed by atoms with Crippen molar-refractivity contribution in [3.8, 4) is 0 Å². The lowest BCUT2D eigenvalue weighted by Gasteiger charge is -2.24. The number of hydrogen-bond donors (Lipinski definition) is 1. The van der Waals surface area contributed by atoms with E-state index in [1.54, 1.807) is 28.3 Å². The molecular weight excluding hydrogens is 486 g/mol. The van der Waals surface area contributed by atoms with Gasteiger partial charge in [-0.15, -0.1) is 0 Å². The van der Waals surface area contributed by atoms with Gasteiger partial charge in [-0.2, -0.15) is 0 Å². The van der Waals surface area contributed by atoms with Crippen molar-refractivity contribution in [2.45, 2.75) is 83.6 Å². The zero-order chi connectivity index (χ0) is 27.1. The monoisotopic (exact) mass is 533 g/mol. The molecule has 0 aliphatic carbocycles. The minimum Gasteiger partial charge on any atom is -0.466 e. The molecule has 0 fully saturated rings. The van der Waals surface area contributed by atoms with Gasteiger partial charge < -0.3 is 32.8 Å². The minimum atomic E-state index is -2.59. The quantitative estimate of drug-likeness (QED) is 0.0663. The van der Waals surface area contributed by atoms with Crippen LogP contribution in [0.15, 0.2) is 12.2 Å². The van der Waals surface area contributed by atoms with Crippen LogP contribution in [0.5, 0.6) is 0 Å². The Hall–Kier alpha value is -1.95. The maximum atomic E-state index is 11.7. The number of nitrogens with one attached hydrogen (secondary N) is 1. The number of carbonyl (C=O) groups excluding carboxylic acids is 3. The molecule has 0 aromatic heterocycles. The fourth-order valence-electron chi connectivity index (χ4n) is 3.29. The normalized spacial score (nSPS) is 11.1. The van der Waals surface area contributed by atoms with Gasteiger partial charge in [0, 0.05) is 45.9 Å². The van der Waals surface area contributed by atoms with Gasteiger partial charge in [0.25, 0.3) is 0 Å². The smallest absolute Gasteiger partial charge is 0.466 e. The SMILES string of the molecule is C=C(C)C(=O)OCCCC(=O)OCCCCCCCCCCOC(=O)NCCC[Si](OC)(OC)OC. The van der Waals surface area contributed by atoms with Gasteiger partial charge >= 0.3 is 26.8 Å². The second-order valence-corrected chi connectivity index (χ2v) is 11.6. The maximum Gasteiger partial charge on any atom is 0.500 e. The molecule has 210 valence electrons. The minimum absolute atomic E-state index is 0.196. The zero-order valence-corrected chi connectivity index (χ0v) is 23.7. The van der Waals surface area contributed by atoms with E-state index in [1.807, 2.05) is 0 Å². The summed E-state index contributed by atoms with van der Waals surface area (Å²) in [6.07, 6.45) is 9.22. The third-order valence-corrected chi connectivity index (χ3v) is 8.34. The first-order valence-corrected chi connectivity index (χ1v) is 14.8. The molecule has 0 rings (SSSR count). The molecule has 0 atom stereocenters. The topological polar surface area (TPSA) is 119 Å². The highest BCUT2D eigenvalue weighted by molar-refractivity contribution is 6.60. The van der Waals surface area contributed by atoms with Crippen LogP contribution in [0.4, 0.5) is 4.79 Å². The van der Waals surface area contributed by atoms with Gasteiger partial charge in [-0.25, -0.2) is 9.59 Å². The number of ether oxygens (including phenoxy) is 3. The van der Waals surface area contributed by atoms with Crippen LogP contribution in [-0.2, 0) is 37.1 Å². The highest BCUT2D eigenvalue weighted by Gasteiger charge is 2.36. The van der Waals surface area contributed by atoms with Gasteiger partial charge in [0.15, 0.2) is 0 Å². The first kappa shape index (κ1) is 34.0. The molecule has 0 aromatic carbocycles. The van der Waals surface area contributed by atoms with Crippen LogP contribution < -0.4 is 5.32 Å². The van der Waals surface area contributed by atoms with Gasteiger partial charge in [-0.05, 0) is 32.6 Å². The number of unbranched alkanes of at least 4 members (excludes halogenated alkanes) is 7. The van der Waals surface area contributed by atoms with Crippen molar-refractivity contribution in [1.29, 1.82) is 0 Å². The molecular formula is C25H47NO9Si. The molecule has 0 saturated heterocycles. The van der Waals surface area contributed by atoms with Gasteiger partial charge in [0.1, 0.15) is 0 Å². The molecule has 36 heavy (non-hydrogen) atoms. The first-order chi connectivity index (χ1) is 17.3. The molecule has 0 heterocycles. The summed E-state index contributed by atoms with van der Waals surface area (Å²) in [6.45, 7) is 6.60. The summed E-state index contributed by atoms with van der Waals surface area (Å²) in [5, 5.41) is 2.73. The number of esters is 2. The van der Waals surface area contributed by atoms with Crippen LogP contribution in [0.2, 0.25) is 6.04 Å².